The van der Waals surface area contributed by atoms with Gasteiger partial charge >= 0.3 is 12.1 Å². The number of likely N-dealkylation sites (tertiary alicyclic amines) is 1. The molecule has 28 heavy (non-hydrogen) atoms. The third kappa shape index (κ3) is 4.56. The van der Waals surface area contributed by atoms with Gasteiger partial charge in [-0.2, -0.15) is 0 Å². The van der Waals surface area contributed by atoms with Crippen molar-refractivity contribution in [2.45, 2.75) is 45.1 Å². The van der Waals surface area contributed by atoms with Crippen LogP contribution in [0, 0.1) is 0 Å². The standard InChI is InChI=1S/C19H24IN3O4S/c1-19(2,3)27-18(25)22-7-5-12(6-8-22)15-11-23(28-20)16-14(15)9-13(10-21-16)17(24)26-4/h9-12H,5-8H2,1-4H3. The predicted octanol–water partition coefficient (Wildman–Crippen LogP) is 4.78. The molecule has 0 N–H and O–H groups in total. The maximum Gasteiger partial charge on any atom is 0.410 e. The van der Waals surface area contributed by atoms with Crippen molar-refractivity contribution in [3.05, 3.63) is 29.6 Å². The lowest BCUT2D eigenvalue weighted by atomic mass is 9.89. The molecule has 0 unspecified atom stereocenters. The summed E-state index contributed by atoms with van der Waals surface area (Å²) in [7, 11) is 2.91. The van der Waals surface area contributed by atoms with Gasteiger partial charge in [0, 0.05) is 61.2 Å². The minimum atomic E-state index is -0.491. The monoisotopic (exact) mass is 517 g/mol. The van der Waals surface area contributed by atoms with Crippen LogP contribution >= 0.6 is 30.3 Å². The molecule has 0 aliphatic carbocycles. The maximum atomic E-state index is 12.3. The van der Waals surface area contributed by atoms with E-state index < -0.39 is 11.6 Å². The van der Waals surface area contributed by atoms with Gasteiger partial charge in [0.05, 0.1) is 12.7 Å². The number of pyridine rings is 1. The third-order valence-corrected chi connectivity index (χ3v) is 6.42. The number of methoxy groups -OCH3 is 1. The first kappa shape index (κ1) is 21.2. The normalized spacial score (nSPS) is 15.7. The average Bonchev–Trinajstić information content (AvgIpc) is 3.04. The Morgan fingerprint density at radius 1 is 1.29 bits per heavy atom. The molecular formula is C19H24IN3O4S. The number of piperidine rings is 1. The number of carbonyl (C=O) groups is 2. The number of aromatic nitrogens is 2. The Labute approximate surface area is 180 Å². The number of nitrogens with zero attached hydrogens (tertiary/aromatic N) is 3. The van der Waals surface area contributed by atoms with E-state index in [0.717, 1.165) is 29.4 Å². The number of carbonyl (C=O) groups excluding carboxylic acids is 2. The van der Waals surface area contributed by atoms with Crippen molar-refractivity contribution in [1.29, 1.82) is 0 Å². The van der Waals surface area contributed by atoms with Gasteiger partial charge in [0.15, 0.2) is 5.65 Å². The summed E-state index contributed by atoms with van der Waals surface area (Å²) in [6, 6.07) is 1.85. The number of rotatable bonds is 3. The van der Waals surface area contributed by atoms with Gasteiger partial charge in [-0.05, 0) is 51.2 Å². The van der Waals surface area contributed by atoms with Gasteiger partial charge in [0.2, 0.25) is 0 Å². The summed E-state index contributed by atoms with van der Waals surface area (Å²) in [5.41, 5.74) is 1.94. The van der Waals surface area contributed by atoms with Crippen LogP contribution in [0.25, 0.3) is 11.0 Å². The molecule has 2 aromatic rings. The van der Waals surface area contributed by atoms with E-state index in [1.54, 1.807) is 11.1 Å². The quantitative estimate of drug-likeness (QED) is 0.431. The molecule has 1 saturated heterocycles. The fourth-order valence-electron chi connectivity index (χ4n) is 3.41. The number of fused-ring (bicyclic) bond motifs is 1. The average molecular weight is 517 g/mol. The summed E-state index contributed by atoms with van der Waals surface area (Å²) >= 11 is 2.22. The number of ether oxygens (including phenoxy) is 2. The van der Waals surface area contributed by atoms with Gasteiger partial charge in [0.25, 0.3) is 0 Å². The molecule has 0 saturated carbocycles. The van der Waals surface area contributed by atoms with Gasteiger partial charge in [-0.3, -0.25) is 3.97 Å². The Bertz CT molecular complexity index is 885. The van der Waals surface area contributed by atoms with Crippen LogP contribution in [-0.2, 0) is 9.47 Å². The molecule has 1 amide bonds. The van der Waals surface area contributed by atoms with Crippen LogP contribution in [0.2, 0.25) is 0 Å². The first-order valence-corrected chi connectivity index (χ1v) is 12.4. The number of esters is 1. The molecular weight excluding hydrogens is 493 g/mol. The van der Waals surface area contributed by atoms with Crippen molar-refractivity contribution >= 4 is 53.4 Å². The van der Waals surface area contributed by atoms with Crippen molar-refractivity contribution in [3.8, 4) is 0 Å². The van der Waals surface area contributed by atoms with Crippen LogP contribution in [0.1, 0.15) is 55.5 Å². The number of hydrogen-bond acceptors (Lipinski definition) is 6. The highest BCUT2D eigenvalue weighted by Gasteiger charge is 2.29. The van der Waals surface area contributed by atoms with Crippen LogP contribution in [0.15, 0.2) is 18.5 Å². The second-order valence-electron chi connectivity index (χ2n) is 7.81. The Morgan fingerprint density at radius 3 is 2.54 bits per heavy atom. The molecule has 1 aliphatic heterocycles. The fourth-order valence-corrected chi connectivity index (χ4v) is 4.67. The van der Waals surface area contributed by atoms with Gasteiger partial charge in [-0.25, -0.2) is 14.6 Å². The number of halogens is 1. The largest absolute Gasteiger partial charge is 0.465 e. The zero-order valence-corrected chi connectivity index (χ0v) is 19.4. The summed E-state index contributed by atoms with van der Waals surface area (Å²) in [6.07, 6.45) is 5.06. The lowest BCUT2D eigenvalue weighted by molar-refractivity contribution is 0.0205. The van der Waals surface area contributed by atoms with Gasteiger partial charge in [-0.15, -0.1) is 0 Å². The zero-order chi connectivity index (χ0) is 20.5. The molecule has 3 rings (SSSR count). The molecule has 7 nitrogen and oxygen atoms in total. The highest BCUT2D eigenvalue weighted by atomic mass is 127. The molecule has 0 aromatic carbocycles. The van der Waals surface area contributed by atoms with E-state index in [2.05, 4.69) is 32.4 Å². The van der Waals surface area contributed by atoms with E-state index in [9.17, 15) is 9.59 Å². The van der Waals surface area contributed by atoms with Crippen molar-refractivity contribution < 1.29 is 19.1 Å². The minimum absolute atomic E-state index is 0.258. The van der Waals surface area contributed by atoms with E-state index >= 15 is 0 Å². The second kappa shape index (κ2) is 8.48. The molecule has 1 aliphatic rings. The molecule has 2 aromatic heterocycles. The fraction of sp³-hybridized carbons (Fsp3) is 0.526. The summed E-state index contributed by atoms with van der Waals surface area (Å²) < 4.78 is 12.3. The van der Waals surface area contributed by atoms with Gasteiger partial charge in [0.1, 0.15) is 5.60 Å². The van der Waals surface area contributed by atoms with Gasteiger partial charge in [-0.1, -0.05) is 0 Å². The van der Waals surface area contributed by atoms with E-state index in [0.29, 0.717) is 24.6 Å². The lowest BCUT2D eigenvalue weighted by Crippen LogP contribution is -2.41. The first-order valence-electron chi connectivity index (χ1n) is 9.10. The Kier molecular flexibility index (Phi) is 6.43. The molecule has 0 radical (unpaired) electrons. The number of hydrogen-bond donors (Lipinski definition) is 0. The Balaban J connectivity index is 1.82. The van der Waals surface area contributed by atoms with Crippen molar-refractivity contribution in [3.63, 3.8) is 0 Å². The third-order valence-electron chi connectivity index (χ3n) is 4.72. The van der Waals surface area contributed by atoms with E-state index in [-0.39, 0.29) is 6.09 Å². The van der Waals surface area contributed by atoms with E-state index in [1.807, 2.05) is 30.8 Å². The summed E-state index contributed by atoms with van der Waals surface area (Å²) in [4.78, 5) is 30.5. The molecule has 1 fully saturated rings. The second-order valence-corrected chi connectivity index (χ2v) is 9.52. The van der Waals surface area contributed by atoms with Crippen molar-refractivity contribution in [1.82, 2.24) is 13.9 Å². The van der Waals surface area contributed by atoms with Crippen molar-refractivity contribution in [2.75, 3.05) is 20.2 Å². The number of amides is 1. The van der Waals surface area contributed by atoms with Crippen LogP contribution in [0.4, 0.5) is 4.79 Å². The summed E-state index contributed by atoms with van der Waals surface area (Å²) in [5, 5.41) is 0.961. The van der Waals surface area contributed by atoms with Crippen LogP contribution < -0.4 is 0 Å². The first-order chi connectivity index (χ1) is 13.2. The topological polar surface area (TPSA) is 73.7 Å². The van der Waals surface area contributed by atoms with Crippen LogP contribution in [0.5, 0.6) is 0 Å². The maximum absolute atomic E-state index is 12.3. The molecule has 0 atom stereocenters. The Hall–Kier alpha value is -1.49. The van der Waals surface area contributed by atoms with Crippen molar-refractivity contribution in [2.24, 2.45) is 0 Å². The zero-order valence-electron chi connectivity index (χ0n) is 16.4. The lowest BCUT2D eigenvalue weighted by Gasteiger charge is -2.33. The highest BCUT2D eigenvalue weighted by Crippen LogP contribution is 2.37. The molecule has 9 heteroatoms. The SMILES string of the molecule is COC(=O)c1cnc2c(c1)c(C1CCN(C(=O)OC(C)(C)C)CC1)cn2SI. The molecule has 0 bridgehead atoms. The van der Waals surface area contributed by atoms with Crippen LogP contribution in [-0.4, -0.2) is 51.7 Å². The molecule has 3 heterocycles. The molecule has 0 spiro atoms. The molecule has 152 valence electrons. The smallest absolute Gasteiger partial charge is 0.410 e. The summed E-state index contributed by atoms with van der Waals surface area (Å²) in [6.45, 7) is 6.92. The highest BCUT2D eigenvalue weighted by molar-refractivity contribution is 14.2. The Morgan fingerprint density at radius 2 is 1.96 bits per heavy atom. The minimum Gasteiger partial charge on any atom is -0.465 e. The predicted molar refractivity (Wildman–Crippen MR) is 118 cm³/mol. The van der Waals surface area contributed by atoms with E-state index in [4.69, 9.17) is 9.47 Å². The summed E-state index contributed by atoms with van der Waals surface area (Å²) in [5.74, 6) is -0.101. The van der Waals surface area contributed by atoms with Crippen LogP contribution in [0.3, 0.4) is 0 Å². The van der Waals surface area contributed by atoms with Gasteiger partial charge < -0.3 is 14.4 Å². The van der Waals surface area contributed by atoms with E-state index in [1.165, 1.54) is 16.2 Å².